The molecule has 2 N–H and O–H groups in total. The molecule has 3 aromatic rings. The fraction of sp³-hybridized carbons (Fsp3) is 0.0526. The molecule has 0 aliphatic carbocycles. The summed E-state index contributed by atoms with van der Waals surface area (Å²) in [7, 11) is 1.62. The molecule has 0 spiro atoms. The fourth-order valence-corrected chi connectivity index (χ4v) is 2.50. The number of amides is 1. The standard InChI is InChI=1S/C19H15Cl2N3O2/c1-26-15-6-3-13(4-7-15)23-18-9-5-14(11-22-18)24-19(25)12-2-8-16(20)17(21)10-12/h2-11H,1H3,(H,22,23)(H,24,25). The molecule has 0 radical (unpaired) electrons. The number of rotatable bonds is 5. The van der Waals surface area contributed by atoms with Crippen LogP contribution in [0.2, 0.25) is 10.0 Å². The zero-order chi connectivity index (χ0) is 18.5. The highest BCUT2D eigenvalue weighted by Gasteiger charge is 2.09. The molecule has 3 rings (SSSR count). The van der Waals surface area contributed by atoms with Crippen LogP contribution in [0.15, 0.2) is 60.8 Å². The van der Waals surface area contributed by atoms with Gasteiger partial charge in [-0.2, -0.15) is 0 Å². The summed E-state index contributed by atoms with van der Waals surface area (Å²) in [5.41, 5.74) is 1.87. The van der Waals surface area contributed by atoms with Crippen molar-refractivity contribution in [2.75, 3.05) is 17.7 Å². The van der Waals surface area contributed by atoms with Crippen LogP contribution in [0.1, 0.15) is 10.4 Å². The number of hydrogen-bond acceptors (Lipinski definition) is 4. The smallest absolute Gasteiger partial charge is 0.255 e. The summed E-state index contributed by atoms with van der Waals surface area (Å²) in [4.78, 5) is 16.5. The van der Waals surface area contributed by atoms with Crippen LogP contribution >= 0.6 is 23.2 Å². The van der Waals surface area contributed by atoms with Gasteiger partial charge in [-0.1, -0.05) is 23.2 Å². The summed E-state index contributed by atoms with van der Waals surface area (Å²) in [5.74, 6) is 1.15. The number of carbonyl (C=O) groups excluding carboxylic acids is 1. The molecule has 26 heavy (non-hydrogen) atoms. The zero-order valence-electron chi connectivity index (χ0n) is 13.8. The molecule has 7 heteroatoms. The lowest BCUT2D eigenvalue weighted by molar-refractivity contribution is 0.102. The van der Waals surface area contributed by atoms with Crippen molar-refractivity contribution in [3.05, 3.63) is 76.4 Å². The molecular formula is C19H15Cl2N3O2. The van der Waals surface area contributed by atoms with E-state index in [1.54, 1.807) is 37.6 Å². The molecule has 0 saturated carbocycles. The molecule has 0 aliphatic rings. The van der Waals surface area contributed by atoms with Crippen molar-refractivity contribution >= 4 is 46.3 Å². The molecule has 0 saturated heterocycles. The molecule has 2 aromatic carbocycles. The summed E-state index contributed by atoms with van der Waals surface area (Å²) in [5, 5.41) is 6.67. The first-order chi connectivity index (χ1) is 12.5. The number of anilines is 3. The Morgan fingerprint density at radius 1 is 0.962 bits per heavy atom. The number of halogens is 2. The number of nitrogens with one attached hydrogen (secondary N) is 2. The van der Waals surface area contributed by atoms with Gasteiger partial charge in [0, 0.05) is 11.3 Å². The van der Waals surface area contributed by atoms with Gasteiger partial charge in [-0.15, -0.1) is 0 Å². The summed E-state index contributed by atoms with van der Waals surface area (Å²) in [6.07, 6.45) is 1.57. The van der Waals surface area contributed by atoms with Crippen molar-refractivity contribution in [2.45, 2.75) is 0 Å². The first-order valence-electron chi connectivity index (χ1n) is 7.69. The van der Waals surface area contributed by atoms with Gasteiger partial charge in [0.2, 0.25) is 0 Å². The predicted molar refractivity (Wildman–Crippen MR) is 105 cm³/mol. The second-order valence-corrected chi connectivity index (χ2v) is 6.18. The van der Waals surface area contributed by atoms with Crippen molar-refractivity contribution in [2.24, 2.45) is 0 Å². The molecule has 0 fully saturated rings. The van der Waals surface area contributed by atoms with Gasteiger partial charge < -0.3 is 15.4 Å². The number of pyridine rings is 1. The van der Waals surface area contributed by atoms with Gasteiger partial charge in [-0.3, -0.25) is 4.79 Å². The van der Waals surface area contributed by atoms with E-state index in [0.29, 0.717) is 27.1 Å². The summed E-state index contributed by atoms with van der Waals surface area (Å²) in [6, 6.07) is 15.7. The number of benzene rings is 2. The number of nitrogens with zero attached hydrogens (tertiary/aromatic N) is 1. The maximum absolute atomic E-state index is 12.2. The van der Waals surface area contributed by atoms with E-state index in [2.05, 4.69) is 15.6 Å². The lowest BCUT2D eigenvalue weighted by Gasteiger charge is -2.09. The van der Waals surface area contributed by atoms with E-state index in [4.69, 9.17) is 27.9 Å². The molecule has 1 heterocycles. The van der Waals surface area contributed by atoms with Gasteiger partial charge in [-0.05, 0) is 54.6 Å². The zero-order valence-corrected chi connectivity index (χ0v) is 15.3. The summed E-state index contributed by atoms with van der Waals surface area (Å²) in [6.45, 7) is 0. The van der Waals surface area contributed by atoms with Crippen LogP contribution in [0.3, 0.4) is 0 Å². The minimum absolute atomic E-state index is 0.291. The van der Waals surface area contributed by atoms with E-state index in [1.165, 1.54) is 6.07 Å². The SMILES string of the molecule is COc1ccc(Nc2ccc(NC(=O)c3ccc(Cl)c(Cl)c3)cn2)cc1. The monoisotopic (exact) mass is 387 g/mol. The van der Waals surface area contributed by atoms with E-state index >= 15 is 0 Å². The Morgan fingerprint density at radius 2 is 1.69 bits per heavy atom. The van der Waals surface area contributed by atoms with E-state index in [0.717, 1.165) is 11.4 Å². The third-order valence-corrected chi connectivity index (χ3v) is 4.30. The van der Waals surface area contributed by atoms with Crippen LogP contribution in [-0.4, -0.2) is 18.0 Å². The van der Waals surface area contributed by atoms with Crippen LogP contribution < -0.4 is 15.4 Å². The molecule has 0 aliphatic heterocycles. The van der Waals surface area contributed by atoms with Gasteiger partial charge in [0.1, 0.15) is 11.6 Å². The topological polar surface area (TPSA) is 63.2 Å². The molecule has 0 atom stereocenters. The molecule has 0 bridgehead atoms. The van der Waals surface area contributed by atoms with Crippen molar-refractivity contribution in [3.63, 3.8) is 0 Å². The maximum Gasteiger partial charge on any atom is 0.255 e. The minimum atomic E-state index is -0.291. The highest BCUT2D eigenvalue weighted by molar-refractivity contribution is 6.42. The van der Waals surface area contributed by atoms with Crippen LogP contribution in [-0.2, 0) is 0 Å². The number of ether oxygens (including phenoxy) is 1. The normalized spacial score (nSPS) is 10.3. The minimum Gasteiger partial charge on any atom is -0.497 e. The second-order valence-electron chi connectivity index (χ2n) is 5.37. The van der Waals surface area contributed by atoms with Gasteiger partial charge >= 0.3 is 0 Å². The predicted octanol–water partition coefficient (Wildman–Crippen LogP) is 5.39. The highest BCUT2D eigenvalue weighted by atomic mass is 35.5. The Hall–Kier alpha value is -2.76. The highest BCUT2D eigenvalue weighted by Crippen LogP contribution is 2.23. The Balaban J connectivity index is 1.65. The van der Waals surface area contributed by atoms with Crippen LogP contribution in [0.4, 0.5) is 17.2 Å². The Bertz CT molecular complexity index is 913. The van der Waals surface area contributed by atoms with E-state index < -0.39 is 0 Å². The van der Waals surface area contributed by atoms with Gasteiger partial charge in [-0.25, -0.2) is 4.98 Å². The Morgan fingerprint density at radius 3 is 2.31 bits per heavy atom. The summed E-state index contributed by atoms with van der Waals surface area (Å²) >= 11 is 11.8. The van der Waals surface area contributed by atoms with Gasteiger partial charge in [0.25, 0.3) is 5.91 Å². The van der Waals surface area contributed by atoms with Gasteiger partial charge in [0.05, 0.1) is 29.0 Å². The third kappa shape index (κ3) is 4.45. The number of aromatic nitrogens is 1. The average Bonchev–Trinajstić information content (AvgIpc) is 2.66. The molecule has 1 amide bonds. The Labute approximate surface area is 160 Å². The first-order valence-corrected chi connectivity index (χ1v) is 8.44. The molecular weight excluding hydrogens is 373 g/mol. The van der Waals surface area contributed by atoms with E-state index in [9.17, 15) is 4.79 Å². The maximum atomic E-state index is 12.2. The second kappa shape index (κ2) is 8.08. The summed E-state index contributed by atoms with van der Waals surface area (Å²) < 4.78 is 5.12. The van der Waals surface area contributed by atoms with Crippen LogP contribution in [0, 0.1) is 0 Å². The van der Waals surface area contributed by atoms with Crippen molar-refractivity contribution in [1.29, 1.82) is 0 Å². The first kappa shape index (κ1) is 18.0. The van der Waals surface area contributed by atoms with Crippen molar-refractivity contribution < 1.29 is 9.53 Å². The molecule has 0 unspecified atom stereocenters. The fourth-order valence-electron chi connectivity index (χ4n) is 2.20. The average molecular weight is 388 g/mol. The van der Waals surface area contributed by atoms with Gasteiger partial charge in [0.15, 0.2) is 0 Å². The quantitative estimate of drug-likeness (QED) is 0.615. The lowest BCUT2D eigenvalue weighted by Crippen LogP contribution is -2.12. The largest absolute Gasteiger partial charge is 0.497 e. The molecule has 132 valence electrons. The molecule has 5 nitrogen and oxygen atoms in total. The third-order valence-electron chi connectivity index (χ3n) is 3.57. The number of hydrogen-bond donors (Lipinski definition) is 2. The van der Waals surface area contributed by atoms with Crippen LogP contribution in [0.5, 0.6) is 5.75 Å². The lowest BCUT2D eigenvalue weighted by atomic mass is 10.2. The van der Waals surface area contributed by atoms with Crippen LogP contribution in [0.25, 0.3) is 0 Å². The number of methoxy groups -OCH3 is 1. The van der Waals surface area contributed by atoms with Crippen molar-refractivity contribution in [1.82, 2.24) is 4.98 Å². The van der Waals surface area contributed by atoms with E-state index in [-0.39, 0.29) is 5.91 Å². The molecule has 1 aromatic heterocycles. The van der Waals surface area contributed by atoms with E-state index in [1.807, 2.05) is 24.3 Å². The Kier molecular flexibility index (Phi) is 5.61. The number of carbonyl (C=O) groups is 1. The van der Waals surface area contributed by atoms with Crippen molar-refractivity contribution in [3.8, 4) is 5.75 Å².